The van der Waals surface area contributed by atoms with E-state index in [1.165, 1.54) is 24.3 Å². The van der Waals surface area contributed by atoms with Crippen LogP contribution in [0.1, 0.15) is 18.4 Å². The summed E-state index contributed by atoms with van der Waals surface area (Å²) < 4.78 is 0. The largest absolute Gasteiger partial charge is 0.508 e. The number of carbonyl (C=O) groups excluding carboxylic acids is 3. The molecule has 0 saturated heterocycles. The van der Waals surface area contributed by atoms with Gasteiger partial charge in [-0.2, -0.15) is 0 Å². The maximum atomic E-state index is 12.3. The number of phenolic OH excluding ortho intramolecular Hbond substituents is 1. The average Bonchev–Trinajstić information content (AvgIpc) is 2.59. The summed E-state index contributed by atoms with van der Waals surface area (Å²) >= 11 is 0. The molecule has 3 amide bonds. The minimum absolute atomic E-state index is 0.0284. The van der Waals surface area contributed by atoms with Crippen LogP contribution in [-0.2, 0) is 25.6 Å². The Bertz CT molecular complexity index is 661. The second kappa shape index (κ2) is 9.99. The minimum atomic E-state index is -1.27. The zero-order valence-electron chi connectivity index (χ0n) is 14.0. The van der Waals surface area contributed by atoms with Gasteiger partial charge in [-0.05, 0) is 24.1 Å². The zero-order valence-corrected chi connectivity index (χ0v) is 14.0. The number of nitrogens with two attached hydrogens (primary N) is 2. The van der Waals surface area contributed by atoms with Crippen molar-refractivity contribution in [2.24, 2.45) is 11.5 Å². The fourth-order valence-electron chi connectivity index (χ4n) is 2.15. The fraction of sp³-hybridized carbons (Fsp3) is 0.375. The molecule has 0 fully saturated rings. The standard InChI is InChI=1S/C16H22N4O6/c17-8-14(23)19-11(5-6-13(18)22)15(24)20-12(16(25)26)7-9-1-3-10(21)4-2-9/h1-4,11-12,21H,5-8,17H2,(H2,18,22)(H,19,23)(H,20,24)(H,25,26)/t11-,12-/m0/s1. The number of amides is 3. The lowest BCUT2D eigenvalue weighted by Gasteiger charge is -2.21. The molecule has 0 saturated carbocycles. The molecule has 1 rings (SSSR count). The van der Waals surface area contributed by atoms with Gasteiger partial charge < -0.3 is 32.3 Å². The first-order chi connectivity index (χ1) is 12.2. The van der Waals surface area contributed by atoms with Gasteiger partial charge >= 0.3 is 5.97 Å². The molecule has 1 aromatic rings. The molecule has 0 aliphatic heterocycles. The normalized spacial score (nSPS) is 12.7. The molecular formula is C16H22N4O6. The fourth-order valence-corrected chi connectivity index (χ4v) is 2.15. The number of carboxylic acids is 1. The number of carbonyl (C=O) groups is 4. The van der Waals surface area contributed by atoms with E-state index in [4.69, 9.17) is 11.5 Å². The van der Waals surface area contributed by atoms with Crippen LogP contribution in [-0.4, -0.2) is 52.5 Å². The summed E-state index contributed by atoms with van der Waals surface area (Å²) in [5, 5.41) is 23.2. The first kappa shape index (κ1) is 20.9. The quantitative estimate of drug-likeness (QED) is 0.282. The van der Waals surface area contributed by atoms with E-state index in [0.29, 0.717) is 5.56 Å². The number of primary amides is 1. The number of aliphatic carboxylic acids is 1. The number of hydrogen-bond acceptors (Lipinski definition) is 6. The van der Waals surface area contributed by atoms with Crippen LogP contribution in [0.5, 0.6) is 5.75 Å². The lowest BCUT2D eigenvalue weighted by Crippen LogP contribution is -2.53. The molecule has 0 aliphatic rings. The third kappa shape index (κ3) is 7.18. The summed E-state index contributed by atoms with van der Waals surface area (Å²) in [5.41, 5.74) is 10.8. The molecule has 0 heterocycles. The van der Waals surface area contributed by atoms with Crippen molar-refractivity contribution in [3.8, 4) is 5.75 Å². The van der Waals surface area contributed by atoms with E-state index in [1.54, 1.807) is 0 Å². The lowest BCUT2D eigenvalue weighted by atomic mass is 10.0. The van der Waals surface area contributed by atoms with Gasteiger partial charge in [0, 0.05) is 12.8 Å². The number of phenols is 1. The molecule has 10 heteroatoms. The SMILES string of the molecule is NCC(=O)N[C@@H](CCC(N)=O)C(=O)N[C@@H](Cc1ccc(O)cc1)C(=O)O. The Hall–Kier alpha value is -3.14. The van der Waals surface area contributed by atoms with Gasteiger partial charge in [0.2, 0.25) is 17.7 Å². The van der Waals surface area contributed by atoms with E-state index in [1.807, 2.05) is 0 Å². The van der Waals surface area contributed by atoms with Crippen LogP contribution in [0, 0.1) is 0 Å². The molecule has 1 aromatic carbocycles. The third-order valence-corrected chi connectivity index (χ3v) is 3.51. The molecule has 0 spiro atoms. The Morgan fingerprint density at radius 2 is 1.65 bits per heavy atom. The van der Waals surface area contributed by atoms with Gasteiger partial charge in [-0.25, -0.2) is 4.79 Å². The summed E-state index contributed by atoms with van der Waals surface area (Å²) in [6.07, 6.45) is -0.286. The van der Waals surface area contributed by atoms with E-state index < -0.39 is 35.8 Å². The highest BCUT2D eigenvalue weighted by molar-refractivity contribution is 5.91. The first-order valence-electron chi connectivity index (χ1n) is 7.81. The molecule has 142 valence electrons. The predicted molar refractivity (Wildman–Crippen MR) is 90.8 cm³/mol. The van der Waals surface area contributed by atoms with E-state index >= 15 is 0 Å². The van der Waals surface area contributed by atoms with E-state index in [2.05, 4.69) is 10.6 Å². The Morgan fingerprint density at radius 3 is 2.15 bits per heavy atom. The van der Waals surface area contributed by atoms with Crippen molar-refractivity contribution in [3.05, 3.63) is 29.8 Å². The third-order valence-electron chi connectivity index (χ3n) is 3.51. The number of hydrogen-bond donors (Lipinski definition) is 6. The monoisotopic (exact) mass is 366 g/mol. The van der Waals surface area contributed by atoms with Gasteiger partial charge in [0.05, 0.1) is 6.54 Å². The number of rotatable bonds is 10. The summed E-state index contributed by atoms with van der Waals surface area (Å²) in [6, 6.07) is 3.44. The highest BCUT2D eigenvalue weighted by Gasteiger charge is 2.26. The zero-order chi connectivity index (χ0) is 19.7. The Morgan fingerprint density at radius 1 is 1.04 bits per heavy atom. The van der Waals surface area contributed by atoms with Crippen molar-refractivity contribution in [2.45, 2.75) is 31.3 Å². The second-order valence-corrected chi connectivity index (χ2v) is 5.60. The molecule has 0 bridgehead atoms. The Kier molecular flexibility index (Phi) is 8.03. The first-order valence-corrected chi connectivity index (χ1v) is 7.81. The van der Waals surface area contributed by atoms with E-state index in [-0.39, 0.29) is 31.6 Å². The van der Waals surface area contributed by atoms with E-state index in [0.717, 1.165) is 0 Å². The van der Waals surface area contributed by atoms with Crippen molar-refractivity contribution < 1.29 is 29.4 Å². The Labute approximate surface area is 149 Å². The number of aromatic hydroxyl groups is 1. The molecule has 26 heavy (non-hydrogen) atoms. The molecule has 2 atom stereocenters. The predicted octanol–water partition coefficient (Wildman–Crippen LogP) is -1.79. The molecule has 0 unspecified atom stereocenters. The smallest absolute Gasteiger partial charge is 0.326 e. The number of benzene rings is 1. The van der Waals surface area contributed by atoms with Gasteiger partial charge in [-0.15, -0.1) is 0 Å². The number of carboxylic acid groups (broad SMARTS) is 1. The molecule has 10 nitrogen and oxygen atoms in total. The van der Waals surface area contributed by atoms with Gasteiger partial charge in [0.1, 0.15) is 17.8 Å². The molecule has 0 aromatic heterocycles. The maximum Gasteiger partial charge on any atom is 0.326 e. The highest BCUT2D eigenvalue weighted by atomic mass is 16.4. The summed E-state index contributed by atoms with van der Waals surface area (Å²) in [5.74, 6) is -3.30. The van der Waals surface area contributed by atoms with Crippen LogP contribution in [0.2, 0.25) is 0 Å². The molecule has 8 N–H and O–H groups in total. The van der Waals surface area contributed by atoms with Gasteiger partial charge in [-0.1, -0.05) is 12.1 Å². The van der Waals surface area contributed by atoms with Crippen molar-refractivity contribution >= 4 is 23.7 Å². The highest BCUT2D eigenvalue weighted by Crippen LogP contribution is 2.11. The van der Waals surface area contributed by atoms with Crippen LogP contribution in [0.25, 0.3) is 0 Å². The maximum absolute atomic E-state index is 12.3. The van der Waals surface area contributed by atoms with E-state index in [9.17, 15) is 29.4 Å². The topological polar surface area (TPSA) is 185 Å². The number of nitrogens with one attached hydrogen (secondary N) is 2. The minimum Gasteiger partial charge on any atom is -0.508 e. The van der Waals surface area contributed by atoms with Gasteiger partial charge in [-0.3, -0.25) is 14.4 Å². The van der Waals surface area contributed by atoms with Gasteiger partial charge in [0.25, 0.3) is 0 Å². The van der Waals surface area contributed by atoms with Crippen LogP contribution in [0.15, 0.2) is 24.3 Å². The van der Waals surface area contributed by atoms with Crippen LogP contribution in [0.4, 0.5) is 0 Å². The van der Waals surface area contributed by atoms with Crippen LogP contribution in [0.3, 0.4) is 0 Å². The molecule has 0 radical (unpaired) electrons. The molecule has 0 aliphatic carbocycles. The second-order valence-electron chi connectivity index (χ2n) is 5.60. The summed E-state index contributed by atoms with van der Waals surface area (Å²) in [4.78, 5) is 46.1. The van der Waals surface area contributed by atoms with Crippen molar-refractivity contribution in [3.63, 3.8) is 0 Å². The molecular weight excluding hydrogens is 344 g/mol. The summed E-state index contributed by atoms with van der Waals surface area (Å²) in [7, 11) is 0. The van der Waals surface area contributed by atoms with Crippen molar-refractivity contribution in [1.82, 2.24) is 10.6 Å². The Balaban J connectivity index is 2.82. The average molecular weight is 366 g/mol. The van der Waals surface area contributed by atoms with Crippen LogP contribution >= 0.6 is 0 Å². The lowest BCUT2D eigenvalue weighted by molar-refractivity contribution is -0.142. The van der Waals surface area contributed by atoms with Gasteiger partial charge in [0.15, 0.2) is 0 Å². The summed E-state index contributed by atoms with van der Waals surface area (Å²) in [6.45, 7) is -0.365. The van der Waals surface area contributed by atoms with Crippen molar-refractivity contribution in [2.75, 3.05) is 6.54 Å². The van der Waals surface area contributed by atoms with Crippen LogP contribution < -0.4 is 22.1 Å². The van der Waals surface area contributed by atoms with Crippen molar-refractivity contribution in [1.29, 1.82) is 0 Å².